The Kier molecular flexibility index (Phi) is 10.9. The summed E-state index contributed by atoms with van der Waals surface area (Å²) in [5, 5.41) is 3.00. The highest BCUT2D eigenvalue weighted by Crippen LogP contribution is 2.29. The van der Waals surface area contributed by atoms with Crippen LogP contribution in [-0.4, -0.2) is 43.3 Å². The van der Waals surface area contributed by atoms with E-state index >= 15 is 0 Å². The number of hydrogen-bond donors (Lipinski definition) is 1. The molecule has 1 atom stereocenters. The minimum atomic E-state index is -4.19. The number of nitrogens with zero attached hydrogens (tertiary/aromatic N) is 2. The van der Waals surface area contributed by atoms with Gasteiger partial charge in [-0.25, -0.2) is 8.42 Å². The molecule has 0 aliphatic rings. The van der Waals surface area contributed by atoms with Gasteiger partial charge in [-0.15, -0.1) is 0 Å². The zero-order chi connectivity index (χ0) is 33.5. The van der Waals surface area contributed by atoms with Crippen molar-refractivity contribution in [1.29, 1.82) is 0 Å². The SMILES string of the molecule is CC[C@@H](C(=O)NC(C)(C)C)N(Cc1cccc(C)c1)C(=O)CN(c1ccc(Oc2ccccc2)cc1)S(=O)(=O)c1ccc(C)cc1. The Morgan fingerprint density at radius 3 is 2.02 bits per heavy atom. The lowest BCUT2D eigenvalue weighted by Gasteiger charge is -2.35. The number of sulfonamides is 1. The number of carbonyl (C=O) groups excluding carboxylic acids is 2. The maximum atomic E-state index is 14.3. The smallest absolute Gasteiger partial charge is 0.264 e. The quantitative estimate of drug-likeness (QED) is 0.180. The van der Waals surface area contributed by atoms with Gasteiger partial charge in [0.25, 0.3) is 10.0 Å². The first kappa shape index (κ1) is 34.2. The summed E-state index contributed by atoms with van der Waals surface area (Å²) in [4.78, 5) is 29.4. The van der Waals surface area contributed by atoms with Crippen molar-refractivity contribution in [2.75, 3.05) is 10.8 Å². The van der Waals surface area contributed by atoms with Gasteiger partial charge in [-0.3, -0.25) is 13.9 Å². The van der Waals surface area contributed by atoms with Crippen LogP contribution < -0.4 is 14.4 Å². The number of carbonyl (C=O) groups is 2. The second kappa shape index (κ2) is 14.6. The Balaban J connectivity index is 1.74. The fourth-order valence-electron chi connectivity index (χ4n) is 5.05. The van der Waals surface area contributed by atoms with E-state index in [1.165, 1.54) is 17.0 Å². The van der Waals surface area contributed by atoms with Crippen LogP contribution >= 0.6 is 0 Å². The second-order valence-corrected chi connectivity index (χ2v) is 14.3. The molecule has 1 N–H and O–H groups in total. The van der Waals surface area contributed by atoms with Crippen molar-refractivity contribution in [3.63, 3.8) is 0 Å². The molecule has 0 saturated carbocycles. The zero-order valence-electron chi connectivity index (χ0n) is 27.4. The van der Waals surface area contributed by atoms with E-state index in [0.717, 1.165) is 21.0 Å². The Morgan fingerprint density at radius 1 is 0.804 bits per heavy atom. The lowest BCUT2D eigenvalue weighted by Crippen LogP contribution is -2.55. The molecule has 0 unspecified atom stereocenters. The number of amides is 2. The van der Waals surface area contributed by atoms with Gasteiger partial charge in [-0.05, 0) is 95.1 Å². The van der Waals surface area contributed by atoms with Crippen LogP contribution in [-0.2, 0) is 26.2 Å². The van der Waals surface area contributed by atoms with Crippen molar-refractivity contribution in [3.8, 4) is 11.5 Å². The Bertz CT molecular complexity index is 1730. The van der Waals surface area contributed by atoms with Gasteiger partial charge in [0.05, 0.1) is 10.6 Å². The predicted molar refractivity (Wildman–Crippen MR) is 182 cm³/mol. The molecule has 46 heavy (non-hydrogen) atoms. The molecule has 0 saturated heterocycles. The van der Waals surface area contributed by atoms with Crippen LogP contribution in [0.3, 0.4) is 0 Å². The van der Waals surface area contributed by atoms with Gasteiger partial charge in [0.1, 0.15) is 24.1 Å². The molecule has 0 aliphatic carbocycles. The van der Waals surface area contributed by atoms with Gasteiger partial charge in [0.2, 0.25) is 11.8 Å². The van der Waals surface area contributed by atoms with Crippen molar-refractivity contribution in [2.24, 2.45) is 0 Å². The van der Waals surface area contributed by atoms with E-state index in [9.17, 15) is 18.0 Å². The molecule has 4 aromatic rings. The molecule has 0 aromatic heterocycles. The molecule has 0 fully saturated rings. The van der Waals surface area contributed by atoms with Gasteiger partial charge in [-0.2, -0.15) is 0 Å². The van der Waals surface area contributed by atoms with Crippen LogP contribution in [0.2, 0.25) is 0 Å². The minimum Gasteiger partial charge on any atom is -0.457 e. The lowest BCUT2D eigenvalue weighted by atomic mass is 10.0. The standard InChI is InChI=1S/C37H43N3O5S/c1-7-34(36(42)38-37(4,5)6)39(25-29-13-11-12-28(3)24-29)35(41)26-40(46(43,44)33-22-16-27(2)17-23-33)30-18-20-32(21-19-30)45-31-14-9-8-10-15-31/h8-24,34H,7,25-26H2,1-6H3,(H,38,42)/t34-/m0/s1. The van der Waals surface area contributed by atoms with Crippen molar-refractivity contribution in [1.82, 2.24) is 10.2 Å². The molecule has 242 valence electrons. The summed E-state index contributed by atoms with van der Waals surface area (Å²) in [5.41, 5.74) is 2.53. The molecule has 0 heterocycles. The van der Waals surface area contributed by atoms with Crippen LogP contribution in [0, 0.1) is 13.8 Å². The highest BCUT2D eigenvalue weighted by Gasteiger charge is 2.34. The van der Waals surface area contributed by atoms with Gasteiger partial charge in [0, 0.05) is 12.1 Å². The molecular formula is C37H43N3O5S. The van der Waals surface area contributed by atoms with Crippen LogP contribution in [0.15, 0.2) is 108 Å². The van der Waals surface area contributed by atoms with E-state index in [-0.39, 0.29) is 23.0 Å². The van der Waals surface area contributed by atoms with E-state index in [4.69, 9.17) is 4.74 Å². The van der Waals surface area contributed by atoms with Crippen LogP contribution in [0.4, 0.5) is 5.69 Å². The molecule has 4 rings (SSSR count). The molecule has 8 nitrogen and oxygen atoms in total. The first-order chi connectivity index (χ1) is 21.8. The number of para-hydroxylation sites is 1. The van der Waals surface area contributed by atoms with E-state index in [2.05, 4.69) is 5.32 Å². The summed E-state index contributed by atoms with van der Waals surface area (Å²) in [6.07, 6.45) is 0.343. The van der Waals surface area contributed by atoms with Gasteiger partial charge in [0.15, 0.2) is 0 Å². The highest BCUT2D eigenvalue weighted by atomic mass is 32.2. The molecule has 9 heteroatoms. The molecule has 0 spiro atoms. The predicted octanol–water partition coefficient (Wildman–Crippen LogP) is 7.01. The third-order valence-corrected chi connectivity index (χ3v) is 9.10. The third-order valence-electron chi connectivity index (χ3n) is 7.31. The largest absolute Gasteiger partial charge is 0.457 e. The number of aryl methyl sites for hydroxylation is 2. The van der Waals surface area contributed by atoms with Crippen LogP contribution in [0.5, 0.6) is 11.5 Å². The fourth-order valence-corrected chi connectivity index (χ4v) is 6.47. The second-order valence-electron chi connectivity index (χ2n) is 12.4. The van der Waals surface area contributed by atoms with Crippen molar-refractivity contribution < 1.29 is 22.7 Å². The number of rotatable bonds is 12. The number of benzene rings is 4. The highest BCUT2D eigenvalue weighted by molar-refractivity contribution is 7.92. The average molecular weight is 642 g/mol. The lowest BCUT2D eigenvalue weighted by molar-refractivity contribution is -0.141. The summed E-state index contributed by atoms with van der Waals surface area (Å²) in [5.74, 6) is 0.351. The number of anilines is 1. The Morgan fingerprint density at radius 2 is 1.43 bits per heavy atom. The van der Waals surface area contributed by atoms with E-state index in [1.54, 1.807) is 36.4 Å². The molecule has 0 radical (unpaired) electrons. The van der Waals surface area contributed by atoms with Crippen LogP contribution in [0.1, 0.15) is 50.8 Å². The fraction of sp³-hybridized carbons (Fsp3) is 0.297. The minimum absolute atomic E-state index is 0.0539. The Hall–Kier alpha value is -4.63. The molecule has 4 aromatic carbocycles. The number of hydrogen-bond acceptors (Lipinski definition) is 5. The maximum Gasteiger partial charge on any atom is 0.264 e. The normalized spacial score (nSPS) is 12.2. The first-order valence-corrected chi connectivity index (χ1v) is 16.8. The van der Waals surface area contributed by atoms with Gasteiger partial charge in [-0.1, -0.05) is 72.6 Å². The number of ether oxygens (including phenoxy) is 1. The van der Waals surface area contributed by atoms with Crippen LogP contribution in [0.25, 0.3) is 0 Å². The summed E-state index contributed by atoms with van der Waals surface area (Å²) in [7, 11) is -4.19. The van der Waals surface area contributed by atoms with E-state index in [0.29, 0.717) is 17.9 Å². The van der Waals surface area contributed by atoms with Crippen molar-refractivity contribution in [2.45, 2.75) is 71.0 Å². The first-order valence-electron chi connectivity index (χ1n) is 15.4. The van der Waals surface area contributed by atoms with E-state index < -0.39 is 34.1 Å². The zero-order valence-corrected chi connectivity index (χ0v) is 28.2. The average Bonchev–Trinajstić information content (AvgIpc) is 3.00. The monoisotopic (exact) mass is 641 g/mol. The molecular weight excluding hydrogens is 598 g/mol. The summed E-state index contributed by atoms with van der Waals surface area (Å²) in [6.45, 7) is 10.9. The Labute approximate surface area is 273 Å². The maximum absolute atomic E-state index is 14.3. The summed E-state index contributed by atoms with van der Waals surface area (Å²) < 4.78 is 35.4. The van der Waals surface area contributed by atoms with Crippen molar-refractivity contribution >= 4 is 27.5 Å². The van der Waals surface area contributed by atoms with E-state index in [1.807, 2.05) is 96.1 Å². The topological polar surface area (TPSA) is 96.0 Å². The third kappa shape index (κ3) is 8.97. The summed E-state index contributed by atoms with van der Waals surface area (Å²) in [6, 6.07) is 29.2. The molecule has 0 bridgehead atoms. The molecule has 2 amide bonds. The molecule has 0 aliphatic heterocycles. The summed E-state index contributed by atoms with van der Waals surface area (Å²) >= 11 is 0. The van der Waals surface area contributed by atoms with Gasteiger partial charge < -0.3 is 15.0 Å². The number of nitrogens with one attached hydrogen (secondary N) is 1. The van der Waals surface area contributed by atoms with Gasteiger partial charge >= 0.3 is 0 Å². The van der Waals surface area contributed by atoms with Crippen molar-refractivity contribution in [3.05, 3.63) is 120 Å².